The Morgan fingerprint density at radius 3 is 2.47 bits per heavy atom. The van der Waals surface area contributed by atoms with Gasteiger partial charge in [0.05, 0.1) is 6.54 Å². The van der Waals surface area contributed by atoms with Gasteiger partial charge in [0.2, 0.25) is 0 Å². The Morgan fingerprint density at radius 2 is 1.78 bits per heavy atom. The summed E-state index contributed by atoms with van der Waals surface area (Å²) in [7, 11) is 0. The first kappa shape index (κ1) is 21.8. The fourth-order valence-electron chi connectivity index (χ4n) is 3.94. The molecule has 0 fully saturated rings. The maximum atomic E-state index is 14.2. The van der Waals surface area contributed by atoms with Crippen LogP contribution in [0, 0.1) is 18.6 Å². The van der Waals surface area contributed by atoms with Gasteiger partial charge in [0.15, 0.2) is 0 Å². The molecule has 166 valence electrons. The van der Waals surface area contributed by atoms with Crippen LogP contribution in [0.4, 0.5) is 14.5 Å². The third kappa shape index (κ3) is 4.59. The Balaban J connectivity index is 1.57. The molecular weight excluding hydrogens is 410 g/mol. The van der Waals surface area contributed by atoms with Gasteiger partial charge in [0, 0.05) is 30.9 Å². The lowest BCUT2D eigenvalue weighted by Crippen LogP contribution is -2.33. The van der Waals surface area contributed by atoms with Crippen molar-refractivity contribution in [1.82, 2.24) is 4.90 Å². The lowest BCUT2D eigenvalue weighted by molar-refractivity contribution is 0.0723. The molecule has 0 atom stereocenters. The lowest BCUT2D eigenvalue weighted by atomic mass is 10.1. The molecule has 0 aliphatic carbocycles. The number of amides is 1. The van der Waals surface area contributed by atoms with Crippen LogP contribution in [-0.2, 0) is 13.1 Å². The zero-order chi connectivity index (χ0) is 22.7. The first-order valence-electron chi connectivity index (χ1n) is 10.8. The summed E-state index contributed by atoms with van der Waals surface area (Å²) in [6.07, 6.45) is 0. The van der Waals surface area contributed by atoms with Gasteiger partial charge in [-0.1, -0.05) is 29.8 Å². The predicted molar refractivity (Wildman–Crippen MR) is 121 cm³/mol. The number of carbonyl (C=O) groups excluding carboxylic acids is 1. The minimum atomic E-state index is -0.856. The van der Waals surface area contributed by atoms with Crippen molar-refractivity contribution in [1.29, 1.82) is 0 Å². The molecule has 0 aromatic heterocycles. The van der Waals surface area contributed by atoms with Gasteiger partial charge in [-0.2, -0.15) is 0 Å². The van der Waals surface area contributed by atoms with Gasteiger partial charge in [-0.25, -0.2) is 8.78 Å². The van der Waals surface area contributed by atoms with Crippen LogP contribution in [0.2, 0.25) is 0 Å². The number of hydrogen-bond acceptors (Lipinski definition) is 3. The zero-order valence-electron chi connectivity index (χ0n) is 18.3. The first-order valence-corrected chi connectivity index (χ1v) is 10.8. The van der Waals surface area contributed by atoms with E-state index >= 15 is 0 Å². The molecule has 0 bridgehead atoms. The number of hydrogen-bond donors (Lipinski definition) is 0. The Kier molecular flexibility index (Phi) is 6.40. The van der Waals surface area contributed by atoms with Crippen molar-refractivity contribution in [3.8, 4) is 5.75 Å². The molecule has 4 nitrogen and oxygen atoms in total. The van der Waals surface area contributed by atoms with Crippen LogP contribution in [0.1, 0.15) is 34.0 Å². The summed E-state index contributed by atoms with van der Waals surface area (Å²) < 4.78 is 34.1. The summed E-state index contributed by atoms with van der Waals surface area (Å²) in [5, 5.41) is 0. The van der Waals surface area contributed by atoms with E-state index in [1.165, 1.54) is 16.5 Å². The first-order chi connectivity index (χ1) is 15.5. The maximum absolute atomic E-state index is 14.2. The minimum Gasteiger partial charge on any atom is -0.491 e. The number of carbonyl (C=O) groups is 1. The summed E-state index contributed by atoms with van der Waals surface area (Å²) in [6, 6.07) is 17.8. The molecule has 0 saturated carbocycles. The molecule has 0 unspecified atom stereocenters. The number of anilines is 1. The second-order valence-corrected chi connectivity index (χ2v) is 7.96. The van der Waals surface area contributed by atoms with Crippen LogP contribution in [0.3, 0.4) is 0 Å². The van der Waals surface area contributed by atoms with Crippen molar-refractivity contribution in [3.05, 3.63) is 94.6 Å². The van der Waals surface area contributed by atoms with Crippen LogP contribution in [-0.4, -0.2) is 30.5 Å². The van der Waals surface area contributed by atoms with Gasteiger partial charge < -0.3 is 14.5 Å². The number of benzene rings is 3. The van der Waals surface area contributed by atoms with Crippen molar-refractivity contribution in [2.75, 3.05) is 24.6 Å². The van der Waals surface area contributed by atoms with E-state index in [0.29, 0.717) is 12.3 Å². The zero-order valence-corrected chi connectivity index (χ0v) is 18.3. The predicted octanol–water partition coefficient (Wildman–Crippen LogP) is 5.33. The standard InChI is InChI=1S/C26H26F2N2O2/c1-3-29(21-10-7-18(2)8-11-21)16-19-9-12-24-20(15-19)17-30(13-14-32-24)26(31)25-22(27)5-4-6-23(25)28/h4-12,15H,3,13-14,16-17H2,1-2H3. The topological polar surface area (TPSA) is 32.8 Å². The highest BCUT2D eigenvalue weighted by Gasteiger charge is 2.26. The van der Waals surface area contributed by atoms with Crippen LogP contribution in [0.15, 0.2) is 60.7 Å². The second kappa shape index (κ2) is 9.39. The Morgan fingerprint density at radius 1 is 1.06 bits per heavy atom. The van der Waals surface area contributed by atoms with Gasteiger partial charge in [-0.15, -0.1) is 0 Å². The van der Waals surface area contributed by atoms with Crippen LogP contribution in [0.5, 0.6) is 5.75 Å². The maximum Gasteiger partial charge on any atom is 0.260 e. The Labute approximate surface area is 187 Å². The Bertz CT molecular complexity index is 1100. The number of rotatable bonds is 5. The summed E-state index contributed by atoms with van der Waals surface area (Å²) in [5.74, 6) is -1.69. The lowest BCUT2D eigenvalue weighted by Gasteiger charge is -2.24. The van der Waals surface area contributed by atoms with Crippen LogP contribution in [0.25, 0.3) is 0 Å². The summed E-state index contributed by atoms with van der Waals surface area (Å²) in [4.78, 5) is 16.6. The summed E-state index contributed by atoms with van der Waals surface area (Å²) in [6.45, 7) is 6.45. The molecule has 4 rings (SSSR count). The summed E-state index contributed by atoms with van der Waals surface area (Å²) >= 11 is 0. The van der Waals surface area contributed by atoms with E-state index in [-0.39, 0.29) is 19.7 Å². The third-order valence-corrected chi connectivity index (χ3v) is 5.72. The van der Waals surface area contributed by atoms with Crippen molar-refractivity contribution >= 4 is 11.6 Å². The molecule has 1 amide bonds. The number of aryl methyl sites for hydroxylation is 1. The smallest absolute Gasteiger partial charge is 0.260 e. The molecule has 3 aromatic rings. The molecule has 6 heteroatoms. The highest BCUT2D eigenvalue weighted by molar-refractivity contribution is 5.94. The minimum absolute atomic E-state index is 0.229. The van der Waals surface area contributed by atoms with E-state index < -0.39 is 23.1 Å². The molecule has 0 N–H and O–H groups in total. The second-order valence-electron chi connectivity index (χ2n) is 7.96. The highest BCUT2D eigenvalue weighted by atomic mass is 19.1. The van der Waals surface area contributed by atoms with E-state index in [4.69, 9.17) is 4.74 Å². The van der Waals surface area contributed by atoms with E-state index in [9.17, 15) is 13.6 Å². The number of fused-ring (bicyclic) bond motifs is 1. The van der Waals surface area contributed by atoms with Gasteiger partial charge in [-0.3, -0.25) is 4.79 Å². The molecule has 3 aromatic carbocycles. The molecule has 0 saturated heterocycles. The molecule has 1 heterocycles. The van der Waals surface area contributed by atoms with Crippen molar-refractivity contribution in [3.63, 3.8) is 0 Å². The van der Waals surface area contributed by atoms with E-state index in [0.717, 1.165) is 35.5 Å². The molecule has 0 spiro atoms. The molecule has 1 aliphatic heterocycles. The average molecular weight is 437 g/mol. The van der Waals surface area contributed by atoms with Gasteiger partial charge in [0.25, 0.3) is 5.91 Å². The Hall–Kier alpha value is -3.41. The molecular formula is C26H26F2N2O2. The molecule has 0 radical (unpaired) electrons. The van der Waals surface area contributed by atoms with Crippen LogP contribution < -0.4 is 9.64 Å². The van der Waals surface area contributed by atoms with E-state index in [2.05, 4.69) is 43.0 Å². The molecule has 32 heavy (non-hydrogen) atoms. The van der Waals surface area contributed by atoms with Crippen molar-refractivity contribution < 1.29 is 18.3 Å². The normalized spacial score (nSPS) is 13.2. The van der Waals surface area contributed by atoms with Gasteiger partial charge in [0.1, 0.15) is 29.6 Å². The van der Waals surface area contributed by atoms with Gasteiger partial charge in [-0.05, 0) is 55.8 Å². The summed E-state index contributed by atoms with van der Waals surface area (Å²) in [5.41, 5.74) is 3.72. The van der Waals surface area contributed by atoms with E-state index in [1.54, 1.807) is 0 Å². The molecule has 1 aliphatic rings. The number of nitrogens with zero attached hydrogens (tertiary/aromatic N) is 2. The van der Waals surface area contributed by atoms with E-state index in [1.807, 2.05) is 18.2 Å². The number of ether oxygens (including phenoxy) is 1. The number of halogens is 2. The quantitative estimate of drug-likeness (QED) is 0.542. The third-order valence-electron chi connectivity index (χ3n) is 5.72. The monoisotopic (exact) mass is 436 g/mol. The van der Waals surface area contributed by atoms with Crippen molar-refractivity contribution in [2.24, 2.45) is 0 Å². The van der Waals surface area contributed by atoms with Crippen molar-refractivity contribution in [2.45, 2.75) is 26.9 Å². The van der Waals surface area contributed by atoms with Gasteiger partial charge >= 0.3 is 0 Å². The SMILES string of the molecule is CCN(Cc1ccc2c(c1)CN(C(=O)c1c(F)cccc1F)CCO2)c1ccc(C)cc1. The van der Waals surface area contributed by atoms with Crippen LogP contribution >= 0.6 is 0 Å². The largest absolute Gasteiger partial charge is 0.491 e. The highest BCUT2D eigenvalue weighted by Crippen LogP contribution is 2.27. The fourth-order valence-corrected chi connectivity index (χ4v) is 3.94. The fraction of sp³-hybridized carbons (Fsp3) is 0.269. The average Bonchev–Trinajstić information content (AvgIpc) is 3.00.